The number of aliphatic imine (C=N–C) groups is 1. The molecule has 0 aromatic carbocycles. The molecule has 27 heavy (non-hydrogen) atoms. The van der Waals surface area contributed by atoms with E-state index < -0.39 is 0 Å². The van der Waals surface area contributed by atoms with E-state index in [2.05, 4.69) is 32.2 Å². The quantitative estimate of drug-likeness (QED) is 0.390. The van der Waals surface area contributed by atoms with E-state index in [9.17, 15) is 0 Å². The van der Waals surface area contributed by atoms with Crippen molar-refractivity contribution in [2.75, 3.05) is 39.8 Å². The third-order valence-electron chi connectivity index (χ3n) is 5.83. The van der Waals surface area contributed by atoms with Gasteiger partial charge in [0.2, 0.25) is 0 Å². The molecule has 1 saturated heterocycles. The van der Waals surface area contributed by atoms with E-state index in [0.717, 1.165) is 68.5 Å². The molecule has 0 radical (unpaired) electrons. The number of hydrogen-bond donors (Lipinski definition) is 1. The minimum atomic E-state index is 0. The summed E-state index contributed by atoms with van der Waals surface area (Å²) in [5.41, 5.74) is 1.03. The highest BCUT2D eigenvalue weighted by Crippen LogP contribution is 2.30. The average Bonchev–Trinajstić information content (AvgIpc) is 3.04. The monoisotopic (exact) mass is 489 g/mol. The van der Waals surface area contributed by atoms with Crippen molar-refractivity contribution in [1.29, 1.82) is 0 Å². The molecule has 1 saturated carbocycles. The molecule has 2 aliphatic rings. The molecule has 1 aliphatic carbocycles. The SMILES string of the molecule is CN=C(NCCC1CCCC(C)C1)N1CCN(Cc2cc(C)on2)CC1.I. The molecule has 2 heterocycles. The second-order valence-electron chi connectivity index (χ2n) is 8.09. The number of guanidine groups is 1. The van der Waals surface area contributed by atoms with Crippen LogP contribution >= 0.6 is 24.0 Å². The molecule has 1 aromatic heterocycles. The van der Waals surface area contributed by atoms with E-state index >= 15 is 0 Å². The number of nitrogens with zero attached hydrogens (tertiary/aromatic N) is 4. The van der Waals surface area contributed by atoms with Crippen LogP contribution in [0.15, 0.2) is 15.6 Å². The van der Waals surface area contributed by atoms with Crippen molar-refractivity contribution in [3.63, 3.8) is 0 Å². The molecule has 2 atom stereocenters. The summed E-state index contributed by atoms with van der Waals surface area (Å²) in [6, 6.07) is 2.03. The Balaban J connectivity index is 0.00000261. The third-order valence-corrected chi connectivity index (χ3v) is 5.83. The van der Waals surface area contributed by atoms with Gasteiger partial charge < -0.3 is 14.7 Å². The standard InChI is InChI=1S/C20H35N5O.HI/c1-16-5-4-6-18(13-16)7-8-22-20(21-3)25-11-9-24(10-12-25)15-19-14-17(2)26-23-19;/h14,16,18H,4-13,15H2,1-3H3,(H,21,22);1H. The lowest BCUT2D eigenvalue weighted by atomic mass is 9.81. The van der Waals surface area contributed by atoms with Crippen LogP contribution in [0.4, 0.5) is 0 Å². The van der Waals surface area contributed by atoms with Crippen LogP contribution in [0.5, 0.6) is 0 Å². The summed E-state index contributed by atoms with van der Waals surface area (Å²) < 4.78 is 5.17. The molecule has 1 aliphatic heterocycles. The van der Waals surface area contributed by atoms with Crippen LogP contribution in [0.1, 0.15) is 50.5 Å². The summed E-state index contributed by atoms with van der Waals surface area (Å²) in [5.74, 6) is 3.75. The van der Waals surface area contributed by atoms with Crippen molar-refractivity contribution in [1.82, 2.24) is 20.3 Å². The fraction of sp³-hybridized carbons (Fsp3) is 0.800. The van der Waals surface area contributed by atoms with E-state index in [1.165, 1.54) is 32.1 Å². The van der Waals surface area contributed by atoms with Crippen LogP contribution in [0.25, 0.3) is 0 Å². The molecule has 3 rings (SSSR count). The Bertz CT molecular complexity index is 583. The molecule has 1 aromatic rings. The molecule has 1 N–H and O–H groups in total. The number of hydrogen-bond acceptors (Lipinski definition) is 4. The molecule has 0 amide bonds. The highest BCUT2D eigenvalue weighted by molar-refractivity contribution is 14.0. The second kappa shape index (κ2) is 11.2. The number of nitrogens with one attached hydrogen (secondary N) is 1. The first kappa shape index (κ1) is 22.5. The van der Waals surface area contributed by atoms with Gasteiger partial charge in [0.05, 0.1) is 5.69 Å². The summed E-state index contributed by atoms with van der Waals surface area (Å²) in [6.45, 7) is 10.4. The minimum absolute atomic E-state index is 0. The largest absolute Gasteiger partial charge is 0.361 e. The predicted octanol–water partition coefficient (Wildman–Crippen LogP) is 3.51. The maximum atomic E-state index is 5.17. The fourth-order valence-corrected chi connectivity index (χ4v) is 4.38. The van der Waals surface area contributed by atoms with Crippen LogP contribution < -0.4 is 5.32 Å². The zero-order valence-corrected chi connectivity index (χ0v) is 19.4. The van der Waals surface area contributed by atoms with Gasteiger partial charge in [-0.2, -0.15) is 0 Å². The first-order valence-corrected chi connectivity index (χ1v) is 10.2. The lowest BCUT2D eigenvalue weighted by Crippen LogP contribution is -2.52. The molecule has 0 spiro atoms. The van der Waals surface area contributed by atoms with Gasteiger partial charge in [-0.05, 0) is 31.6 Å². The molecule has 7 heteroatoms. The number of aromatic nitrogens is 1. The number of halogens is 1. The average molecular weight is 489 g/mol. The Labute approximate surface area is 181 Å². The van der Waals surface area contributed by atoms with Crippen LogP contribution in [-0.2, 0) is 6.54 Å². The van der Waals surface area contributed by atoms with Crippen molar-refractivity contribution in [3.05, 3.63) is 17.5 Å². The number of aryl methyl sites for hydroxylation is 1. The molecular formula is C20H36IN5O. The van der Waals surface area contributed by atoms with Crippen molar-refractivity contribution in [2.45, 2.75) is 52.5 Å². The summed E-state index contributed by atoms with van der Waals surface area (Å²) in [6.07, 6.45) is 6.91. The molecule has 0 bridgehead atoms. The van der Waals surface area contributed by atoms with Crippen molar-refractivity contribution >= 4 is 29.9 Å². The highest BCUT2D eigenvalue weighted by Gasteiger charge is 2.22. The Morgan fingerprint density at radius 2 is 2.07 bits per heavy atom. The van der Waals surface area contributed by atoms with Gasteiger partial charge in [-0.15, -0.1) is 24.0 Å². The number of rotatable bonds is 5. The van der Waals surface area contributed by atoms with E-state index in [1.807, 2.05) is 20.0 Å². The first-order chi connectivity index (χ1) is 12.6. The van der Waals surface area contributed by atoms with Gasteiger partial charge in [0, 0.05) is 52.4 Å². The first-order valence-electron chi connectivity index (χ1n) is 10.2. The van der Waals surface area contributed by atoms with E-state index in [0.29, 0.717) is 0 Å². The van der Waals surface area contributed by atoms with Crippen molar-refractivity contribution < 1.29 is 4.52 Å². The van der Waals surface area contributed by atoms with Gasteiger partial charge in [0.15, 0.2) is 5.96 Å². The number of piperazine rings is 1. The van der Waals surface area contributed by atoms with Crippen LogP contribution in [-0.4, -0.2) is 60.7 Å². The molecule has 154 valence electrons. The molecule has 2 fully saturated rings. The van der Waals surface area contributed by atoms with E-state index in [4.69, 9.17) is 4.52 Å². The van der Waals surface area contributed by atoms with Gasteiger partial charge in [0.25, 0.3) is 0 Å². The Morgan fingerprint density at radius 1 is 1.30 bits per heavy atom. The second-order valence-corrected chi connectivity index (χ2v) is 8.09. The summed E-state index contributed by atoms with van der Waals surface area (Å²) in [4.78, 5) is 9.33. The van der Waals surface area contributed by atoms with Gasteiger partial charge in [-0.1, -0.05) is 31.3 Å². The normalized spacial score (nSPS) is 24.6. The lowest BCUT2D eigenvalue weighted by Gasteiger charge is -2.36. The van der Waals surface area contributed by atoms with Crippen LogP contribution in [0.2, 0.25) is 0 Å². The minimum Gasteiger partial charge on any atom is -0.361 e. The Kier molecular flexibility index (Phi) is 9.35. The van der Waals surface area contributed by atoms with Gasteiger partial charge >= 0.3 is 0 Å². The zero-order valence-electron chi connectivity index (χ0n) is 17.1. The predicted molar refractivity (Wildman–Crippen MR) is 121 cm³/mol. The van der Waals surface area contributed by atoms with Crippen LogP contribution in [0.3, 0.4) is 0 Å². The van der Waals surface area contributed by atoms with Crippen molar-refractivity contribution in [2.24, 2.45) is 16.8 Å². The van der Waals surface area contributed by atoms with Gasteiger partial charge in [0.1, 0.15) is 5.76 Å². The van der Waals surface area contributed by atoms with Crippen molar-refractivity contribution in [3.8, 4) is 0 Å². The Morgan fingerprint density at radius 3 is 2.70 bits per heavy atom. The molecular weight excluding hydrogens is 453 g/mol. The van der Waals surface area contributed by atoms with E-state index in [-0.39, 0.29) is 24.0 Å². The lowest BCUT2D eigenvalue weighted by molar-refractivity contribution is 0.168. The summed E-state index contributed by atoms with van der Waals surface area (Å²) in [5, 5.41) is 7.70. The fourth-order valence-electron chi connectivity index (χ4n) is 4.38. The Hall–Kier alpha value is -0.830. The summed E-state index contributed by atoms with van der Waals surface area (Å²) >= 11 is 0. The topological polar surface area (TPSA) is 56.9 Å². The molecule has 6 nitrogen and oxygen atoms in total. The highest BCUT2D eigenvalue weighted by atomic mass is 127. The van der Waals surface area contributed by atoms with Gasteiger partial charge in [-0.25, -0.2) is 0 Å². The van der Waals surface area contributed by atoms with Crippen LogP contribution in [0, 0.1) is 18.8 Å². The third kappa shape index (κ3) is 6.93. The maximum absolute atomic E-state index is 5.17. The van der Waals surface area contributed by atoms with E-state index in [1.54, 1.807) is 0 Å². The smallest absolute Gasteiger partial charge is 0.193 e. The molecule has 2 unspecified atom stereocenters. The summed E-state index contributed by atoms with van der Waals surface area (Å²) in [7, 11) is 1.90. The zero-order chi connectivity index (χ0) is 18.4. The maximum Gasteiger partial charge on any atom is 0.193 e. The van der Waals surface area contributed by atoms with Gasteiger partial charge in [-0.3, -0.25) is 9.89 Å².